The zero-order valence-corrected chi connectivity index (χ0v) is 23.8. The number of esters is 1. The Kier molecular flexibility index (Phi) is 8.33. The van der Waals surface area contributed by atoms with Gasteiger partial charge in [-0.2, -0.15) is 0 Å². The van der Waals surface area contributed by atoms with Gasteiger partial charge in [0.25, 0.3) is 0 Å². The van der Waals surface area contributed by atoms with E-state index in [0.29, 0.717) is 12.8 Å². The highest BCUT2D eigenvalue weighted by Crippen LogP contribution is 2.56. The molecule has 0 unspecified atom stereocenters. The van der Waals surface area contributed by atoms with Crippen LogP contribution in [0.5, 0.6) is 0 Å². The van der Waals surface area contributed by atoms with Crippen LogP contribution in [-0.2, 0) is 28.7 Å². The fourth-order valence-electron chi connectivity index (χ4n) is 6.64. The molecule has 7 atom stereocenters. The monoisotopic (exact) mass is 565 g/mol. The third-order valence-corrected chi connectivity index (χ3v) is 8.74. The maximum Gasteiger partial charge on any atom is 0.306 e. The van der Waals surface area contributed by atoms with Crippen molar-refractivity contribution in [1.29, 1.82) is 0 Å². The molecule has 0 radical (unpaired) electrons. The topological polar surface area (TPSA) is 125 Å². The fourth-order valence-corrected chi connectivity index (χ4v) is 6.64. The number of carbonyl (C=O) groups is 4. The van der Waals surface area contributed by atoms with Crippen molar-refractivity contribution in [1.82, 2.24) is 15.1 Å². The summed E-state index contributed by atoms with van der Waals surface area (Å²) >= 11 is 0. The second-order valence-corrected chi connectivity index (χ2v) is 11.4. The number of carbonyl (C=O) groups excluding carboxylic acids is 4. The van der Waals surface area contributed by atoms with Crippen LogP contribution in [0.2, 0.25) is 0 Å². The number of ether oxygens (including phenoxy) is 2. The van der Waals surface area contributed by atoms with Crippen LogP contribution in [0.15, 0.2) is 54.6 Å². The molecule has 10 heteroatoms. The van der Waals surface area contributed by atoms with Gasteiger partial charge in [0.15, 0.2) is 0 Å². The molecular weight excluding hydrogens is 526 g/mol. The molecule has 220 valence electrons. The average Bonchev–Trinajstić information content (AvgIpc) is 3.61. The predicted molar refractivity (Wildman–Crippen MR) is 149 cm³/mol. The number of aliphatic hydroxyl groups is 1. The van der Waals surface area contributed by atoms with Crippen molar-refractivity contribution in [3.05, 3.63) is 60.2 Å². The Labute approximate surface area is 240 Å². The second kappa shape index (κ2) is 11.8. The lowest BCUT2D eigenvalue weighted by atomic mass is 9.74. The van der Waals surface area contributed by atoms with Gasteiger partial charge < -0.3 is 29.7 Å². The van der Waals surface area contributed by atoms with Gasteiger partial charge in [-0.05, 0) is 32.3 Å². The van der Waals surface area contributed by atoms with E-state index in [1.807, 2.05) is 63.3 Å². The Balaban J connectivity index is 1.58. The molecule has 1 aromatic rings. The van der Waals surface area contributed by atoms with Crippen molar-refractivity contribution in [2.75, 3.05) is 19.8 Å². The summed E-state index contributed by atoms with van der Waals surface area (Å²) in [7, 11) is 0. The molecule has 2 N–H and O–H groups in total. The van der Waals surface area contributed by atoms with E-state index in [0.717, 1.165) is 5.56 Å². The third-order valence-electron chi connectivity index (χ3n) is 8.74. The maximum atomic E-state index is 14.4. The molecule has 0 aliphatic carbocycles. The number of allylic oxidation sites excluding steroid dienone is 1. The van der Waals surface area contributed by atoms with Gasteiger partial charge in [-0.3, -0.25) is 19.2 Å². The summed E-state index contributed by atoms with van der Waals surface area (Å²) in [6.07, 6.45) is 7.55. The number of hydrogen-bond acceptors (Lipinski definition) is 7. The van der Waals surface area contributed by atoms with Gasteiger partial charge in [0.05, 0.1) is 36.6 Å². The molecule has 1 aromatic carbocycles. The van der Waals surface area contributed by atoms with E-state index in [2.05, 4.69) is 5.32 Å². The van der Waals surface area contributed by atoms with Crippen molar-refractivity contribution in [3.63, 3.8) is 0 Å². The summed E-state index contributed by atoms with van der Waals surface area (Å²) in [4.78, 5) is 58.2. The van der Waals surface area contributed by atoms with Crippen LogP contribution in [0.4, 0.5) is 0 Å². The number of fused-ring (bicyclic) bond motifs is 2. The second-order valence-electron chi connectivity index (χ2n) is 11.4. The minimum absolute atomic E-state index is 0.0626. The van der Waals surface area contributed by atoms with Crippen LogP contribution in [-0.4, -0.2) is 88.2 Å². The molecule has 5 bridgehead atoms. The van der Waals surface area contributed by atoms with E-state index in [1.54, 1.807) is 17.1 Å². The van der Waals surface area contributed by atoms with Crippen LogP contribution < -0.4 is 5.32 Å². The van der Waals surface area contributed by atoms with Gasteiger partial charge >= 0.3 is 5.97 Å². The highest BCUT2D eigenvalue weighted by Gasteiger charge is 2.73. The number of amides is 3. The Morgan fingerprint density at radius 2 is 1.85 bits per heavy atom. The first-order valence-corrected chi connectivity index (χ1v) is 14.5. The lowest BCUT2D eigenvalue weighted by Crippen LogP contribution is -2.59. The molecule has 10 nitrogen and oxygen atoms in total. The number of hydrogen-bond donors (Lipinski definition) is 2. The number of rotatable bonds is 5. The summed E-state index contributed by atoms with van der Waals surface area (Å²) in [5.41, 5.74) is -0.574. The first kappa shape index (κ1) is 29.0. The van der Waals surface area contributed by atoms with Crippen molar-refractivity contribution >= 4 is 23.7 Å². The van der Waals surface area contributed by atoms with Crippen LogP contribution in [0.25, 0.3) is 0 Å². The highest BCUT2D eigenvalue weighted by molar-refractivity contribution is 6.00. The first-order valence-electron chi connectivity index (χ1n) is 14.5. The summed E-state index contributed by atoms with van der Waals surface area (Å²) in [6, 6.07) is 6.73. The zero-order chi connectivity index (χ0) is 29.3. The highest BCUT2D eigenvalue weighted by atomic mass is 16.5. The van der Waals surface area contributed by atoms with Crippen LogP contribution in [0.1, 0.15) is 51.6 Å². The van der Waals surface area contributed by atoms with Crippen molar-refractivity contribution in [3.8, 4) is 0 Å². The molecule has 41 heavy (non-hydrogen) atoms. The number of nitrogens with one attached hydrogen (secondary N) is 1. The van der Waals surface area contributed by atoms with Crippen LogP contribution in [0.3, 0.4) is 0 Å². The van der Waals surface area contributed by atoms with Gasteiger partial charge in [0, 0.05) is 19.0 Å². The fraction of sp³-hybridized carbons (Fsp3) is 0.548. The first-order chi connectivity index (χ1) is 19.7. The Morgan fingerprint density at radius 3 is 2.54 bits per heavy atom. The largest absolute Gasteiger partial charge is 0.463 e. The molecule has 0 saturated carbocycles. The minimum Gasteiger partial charge on any atom is -0.463 e. The van der Waals surface area contributed by atoms with E-state index in [-0.39, 0.29) is 44.0 Å². The standard InChI is InChI=1S/C31H39N3O7/c1-4-21(17-35)34-27-30(39)33(19(2)3)16-10-6-9-13-24(36)40-18-22(20-11-7-5-8-12-20)32-28(37)25-23-14-15-31(27,41-23)26(25)29(34)38/h5-8,10-12,14-15,19,21-23,25-27,35H,4,9,13,16-18H2,1-3H3,(H,32,37)/b10-6-/t21-,22+,23+,25-,26-,27+,31-/m0/s1. The molecule has 2 saturated heterocycles. The van der Waals surface area contributed by atoms with Crippen molar-refractivity contribution in [2.24, 2.45) is 11.8 Å². The average molecular weight is 566 g/mol. The van der Waals surface area contributed by atoms with Gasteiger partial charge in [0.2, 0.25) is 17.7 Å². The number of nitrogens with zero attached hydrogens (tertiary/aromatic N) is 2. The van der Waals surface area contributed by atoms with Gasteiger partial charge in [-0.25, -0.2) is 0 Å². The Hall–Kier alpha value is -3.50. The summed E-state index contributed by atoms with van der Waals surface area (Å²) in [6.45, 7) is 5.54. The zero-order valence-electron chi connectivity index (χ0n) is 23.8. The molecular formula is C31H39N3O7. The van der Waals surface area contributed by atoms with Crippen LogP contribution >= 0.6 is 0 Å². The molecule has 3 amide bonds. The van der Waals surface area contributed by atoms with E-state index < -0.39 is 53.5 Å². The molecule has 1 spiro atoms. The molecule has 4 aliphatic rings. The SMILES string of the molecule is CC[C@@H](CO)N1C(=O)[C@@H]2[C@H]3C(=O)N[C@@H](c4ccccc4)COC(=O)CC/C=C\CN(C(C)C)C(=O)[C@@H]1[C@]21C=C[C@H]3O1. The van der Waals surface area contributed by atoms with E-state index in [9.17, 15) is 24.3 Å². The van der Waals surface area contributed by atoms with Crippen molar-refractivity contribution < 1.29 is 33.8 Å². The number of cyclic esters (lactones) is 1. The summed E-state index contributed by atoms with van der Waals surface area (Å²) in [5, 5.41) is 13.3. The lowest BCUT2D eigenvalue weighted by Gasteiger charge is -2.39. The molecule has 0 aromatic heterocycles. The quantitative estimate of drug-likeness (QED) is 0.413. The minimum atomic E-state index is -1.33. The lowest BCUT2D eigenvalue weighted by molar-refractivity contribution is -0.151. The van der Waals surface area contributed by atoms with Gasteiger partial charge in [-0.15, -0.1) is 0 Å². The van der Waals surface area contributed by atoms with E-state index in [4.69, 9.17) is 9.47 Å². The Morgan fingerprint density at radius 1 is 1.10 bits per heavy atom. The number of aliphatic hydroxyl groups excluding tert-OH is 1. The summed E-state index contributed by atoms with van der Waals surface area (Å²) < 4.78 is 12.0. The molecule has 4 heterocycles. The smallest absolute Gasteiger partial charge is 0.306 e. The summed E-state index contributed by atoms with van der Waals surface area (Å²) in [5.74, 6) is -3.32. The maximum absolute atomic E-state index is 14.4. The van der Waals surface area contributed by atoms with Crippen LogP contribution in [0, 0.1) is 11.8 Å². The number of benzene rings is 1. The normalized spacial score (nSPS) is 33.6. The predicted octanol–water partition coefficient (Wildman–Crippen LogP) is 1.90. The van der Waals surface area contributed by atoms with Gasteiger partial charge in [-0.1, -0.05) is 61.6 Å². The Bertz CT molecular complexity index is 1230. The number of likely N-dealkylation sites (tertiary alicyclic amines) is 1. The molecule has 2 fully saturated rings. The molecule has 4 aliphatic heterocycles. The molecule has 5 rings (SSSR count). The third kappa shape index (κ3) is 5.08. The van der Waals surface area contributed by atoms with E-state index >= 15 is 0 Å². The van der Waals surface area contributed by atoms with Crippen molar-refractivity contribution in [2.45, 2.75) is 75.9 Å². The van der Waals surface area contributed by atoms with E-state index in [1.165, 1.54) is 4.90 Å². The van der Waals surface area contributed by atoms with Gasteiger partial charge in [0.1, 0.15) is 18.2 Å².